The first-order valence-electron chi connectivity index (χ1n) is 10.8. The van der Waals surface area contributed by atoms with Gasteiger partial charge in [-0.3, -0.25) is 33.7 Å². The fourth-order valence-electron chi connectivity index (χ4n) is 4.00. The van der Waals surface area contributed by atoms with Crippen LogP contribution in [0.25, 0.3) is 6.08 Å². The monoisotopic (exact) mass is 490 g/mol. The number of aromatic nitrogens is 4. The lowest BCUT2D eigenvalue weighted by atomic mass is 10.0. The van der Waals surface area contributed by atoms with Crippen LogP contribution < -0.4 is 20.9 Å². The van der Waals surface area contributed by atoms with Gasteiger partial charge >= 0.3 is 11.7 Å². The molecule has 1 aliphatic rings. The number of hydrogen-bond acceptors (Lipinski definition) is 7. The van der Waals surface area contributed by atoms with Gasteiger partial charge in [-0.2, -0.15) is 4.57 Å². The summed E-state index contributed by atoms with van der Waals surface area (Å²) >= 11 is 0. The van der Waals surface area contributed by atoms with E-state index in [1.807, 2.05) is 0 Å². The Labute approximate surface area is 204 Å². The predicted molar refractivity (Wildman–Crippen MR) is 123 cm³/mol. The van der Waals surface area contributed by atoms with Crippen molar-refractivity contribution in [3.63, 3.8) is 0 Å². The largest absolute Gasteiger partial charge is 0.859 e. The number of urea groups is 1. The maximum absolute atomic E-state index is 13.2. The number of pyridine rings is 2. The molecule has 1 unspecified atom stereocenters. The van der Waals surface area contributed by atoms with Crippen LogP contribution in [0.15, 0.2) is 64.0 Å². The lowest BCUT2D eigenvalue weighted by Gasteiger charge is -2.28. The number of barbiturate groups is 1. The fraction of sp³-hybridized carbons (Fsp3) is 0.208. The fourth-order valence-corrected chi connectivity index (χ4v) is 4.00. The molecule has 4 rings (SSSR count). The highest BCUT2D eigenvalue weighted by molar-refractivity contribution is 6.30. The summed E-state index contributed by atoms with van der Waals surface area (Å²) in [7, 11) is 5.05. The van der Waals surface area contributed by atoms with Crippen molar-refractivity contribution in [3.8, 4) is 5.88 Å². The average Bonchev–Trinajstić information content (AvgIpc) is 2.90. The highest BCUT2D eigenvalue weighted by Crippen LogP contribution is 2.24. The zero-order valence-corrected chi connectivity index (χ0v) is 19.9. The topological polar surface area (TPSA) is 142 Å². The lowest BCUT2D eigenvalue weighted by molar-refractivity contribution is -0.707. The number of nitrogens with zero attached hydrogens (tertiary/aromatic N) is 6. The molecule has 1 saturated heterocycles. The summed E-state index contributed by atoms with van der Waals surface area (Å²) in [5.41, 5.74) is -1.52. The molecular formula is C24H22N6O6. The Balaban J connectivity index is 2.02. The first kappa shape index (κ1) is 24.3. The average molecular weight is 490 g/mol. The lowest BCUT2D eigenvalue weighted by Crippen LogP contribution is -2.53. The number of likely N-dealkylation sites (N-methyl/N-ethyl adjacent to an activating group) is 2. The summed E-state index contributed by atoms with van der Waals surface area (Å²) in [4.78, 5) is 69.2. The number of imide groups is 2. The smallest absolute Gasteiger partial charge is 0.333 e. The highest BCUT2D eigenvalue weighted by atomic mass is 16.3. The van der Waals surface area contributed by atoms with Gasteiger partial charge in [0.25, 0.3) is 17.4 Å². The molecule has 0 aliphatic carbocycles. The van der Waals surface area contributed by atoms with E-state index in [-0.39, 0.29) is 16.8 Å². The second-order valence-electron chi connectivity index (χ2n) is 8.18. The molecule has 12 nitrogen and oxygen atoms in total. The molecule has 3 aromatic heterocycles. The van der Waals surface area contributed by atoms with E-state index in [2.05, 4.69) is 4.98 Å². The van der Waals surface area contributed by atoms with Gasteiger partial charge in [0.15, 0.2) is 6.20 Å². The van der Waals surface area contributed by atoms with Crippen LogP contribution in [-0.2, 0) is 23.7 Å². The van der Waals surface area contributed by atoms with Gasteiger partial charge in [-0.25, -0.2) is 9.59 Å². The molecule has 1 aliphatic heterocycles. The van der Waals surface area contributed by atoms with E-state index in [0.29, 0.717) is 5.69 Å². The Morgan fingerprint density at radius 1 is 0.889 bits per heavy atom. The maximum Gasteiger partial charge on any atom is 0.333 e. The van der Waals surface area contributed by atoms with Crippen molar-refractivity contribution in [2.45, 2.75) is 6.04 Å². The van der Waals surface area contributed by atoms with Gasteiger partial charge in [0.05, 0.1) is 0 Å². The number of amides is 4. The highest BCUT2D eigenvalue weighted by Gasteiger charge is 2.39. The van der Waals surface area contributed by atoms with Crippen LogP contribution in [0.5, 0.6) is 5.88 Å². The minimum atomic E-state index is -1.11. The van der Waals surface area contributed by atoms with Gasteiger partial charge in [0.2, 0.25) is 11.7 Å². The molecule has 1 atom stereocenters. The van der Waals surface area contributed by atoms with Gasteiger partial charge in [-0.05, 0) is 24.1 Å². The Kier molecular flexibility index (Phi) is 6.10. The molecule has 0 radical (unpaired) electrons. The third kappa shape index (κ3) is 3.78. The number of carbonyl (C=O) groups excluding carboxylic acids is 3. The quantitative estimate of drug-likeness (QED) is 0.257. The zero-order chi connectivity index (χ0) is 26.3. The van der Waals surface area contributed by atoms with E-state index >= 15 is 0 Å². The van der Waals surface area contributed by atoms with E-state index in [9.17, 15) is 29.1 Å². The normalized spacial score (nSPS) is 14.9. The Morgan fingerprint density at radius 3 is 2.14 bits per heavy atom. The standard InChI is InChI=1S/C24H22N6O6/c1-26-19(31)15(20(32)27(2)23(26)35)13-14-9-6-8-12-30(14)18(16-10-5-7-11-25-16)17-21(33)28(3)24(36)29(4)22(17)34/h5-13,18H,1-4H3. The van der Waals surface area contributed by atoms with Gasteiger partial charge < -0.3 is 9.67 Å². The zero-order valence-electron chi connectivity index (χ0n) is 19.9. The van der Waals surface area contributed by atoms with Crippen LogP contribution in [-0.4, -0.2) is 55.9 Å². The summed E-state index contributed by atoms with van der Waals surface area (Å²) in [6, 6.07) is 7.95. The Hall–Kier alpha value is -4.87. The first-order chi connectivity index (χ1) is 17.1. The van der Waals surface area contributed by atoms with Crippen LogP contribution in [0.1, 0.15) is 23.0 Å². The number of hydrogen-bond donors (Lipinski definition) is 0. The van der Waals surface area contributed by atoms with Crippen molar-refractivity contribution in [1.82, 2.24) is 23.9 Å². The van der Waals surface area contributed by atoms with E-state index in [1.54, 1.807) is 42.6 Å². The Bertz CT molecular complexity index is 1530. The summed E-state index contributed by atoms with van der Waals surface area (Å²) in [6.07, 6.45) is 4.34. The molecule has 4 heterocycles. The second-order valence-corrected chi connectivity index (χ2v) is 8.18. The maximum atomic E-state index is 13.2. The summed E-state index contributed by atoms with van der Waals surface area (Å²) in [5.74, 6) is -2.39. The van der Waals surface area contributed by atoms with Crippen molar-refractivity contribution < 1.29 is 24.1 Å². The second kappa shape index (κ2) is 9.06. The summed E-state index contributed by atoms with van der Waals surface area (Å²) in [5, 5.41) is 13.2. The van der Waals surface area contributed by atoms with Crippen LogP contribution >= 0.6 is 0 Å². The SMILES string of the molecule is CN1C(=O)C(=Cc2cccc[n+]2C(c2ccccn2)c2c([O-])n(C)c(=O)n(C)c2=O)C(=O)N(C)C1=O. The number of rotatable bonds is 4. The molecular weight excluding hydrogens is 468 g/mol. The third-order valence-electron chi connectivity index (χ3n) is 6.02. The molecule has 0 saturated carbocycles. The van der Waals surface area contributed by atoms with Crippen molar-refractivity contribution in [3.05, 3.63) is 92.2 Å². The molecule has 0 spiro atoms. The van der Waals surface area contributed by atoms with Gasteiger partial charge in [-0.15, -0.1) is 0 Å². The number of carbonyl (C=O) groups is 3. The Morgan fingerprint density at radius 2 is 1.53 bits per heavy atom. The predicted octanol–water partition coefficient (Wildman–Crippen LogP) is -1.09. The van der Waals surface area contributed by atoms with Gasteiger partial charge in [0.1, 0.15) is 16.8 Å². The van der Waals surface area contributed by atoms with Gasteiger partial charge in [0, 0.05) is 52.6 Å². The van der Waals surface area contributed by atoms with E-state index < -0.39 is 41.0 Å². The van der Waals surface area contributed by atoms with E-state index in [4.69, 9.17) is 0 Å². The molecule has 0 bridgehead atoms. The minimum Gasteiger partial charge on any atom is -0.859 e. The van der Waals surface area contributed by atoms with Crippen molar-refractivity contribution >= 4 is 23.9 Å². The molecule has 1 fully saturated rings. The van der Waals surface area contributed by atoms with Crippen LogP contribution in [0.3, 0.4) is 0 Å². The van der Waals surface area contributed by atoms with Crippen LogP contribution in [0.4, 0.5) is 4.79 Å². The third-order valence-corrected chi connectivity index (χ3v) is 6.02. The van der Waals surface area contributed by atoms with E-state index in [0.717, 1.165) is 18.9 Å². The molecule has 0 aromatic carbocycles. The van der Waals surface area contributed by atoms with Crippen LogP contribution in [0, 0.1) is 0 Å². The van der Waals surface area contributed by atoms with Gasteiger partial charge in [-0.1, -0.05) is 6.07 Å². The molecule has 0 N–H and O–H groups in total. The molecule has 3 aromatic rings. The van der Waals surface area contributed by atoms with Crippen LogP contribution in [0.2, 0.25) is 0 Å². The molecule has 184 valence electrons. The van der Waals surface area contributed by atoms with E-state index in [1.165, 1.54) is 45.0 Å². The summed E-state index contributed by atoms with van der Waals surface area (Å²) in [6.45, 7) is 0. The summed E-state index contributed by atoms with van der Waals surface area (Å²) < 4.78 is 3.17. The van der Waals surface area contributed by atoms with Crippen molar-refractivity contribution in [2.75, 3.05) is 14.1 Å². The molecule has 12 heteroatoms. The molecule has 36 heavy (non-hydrogen) atoms. The molecule has 4 amide bonds. The first-order valence-corrected chi connectivity index (χ1v) is 10.8. The van der Waals surface area contributed by atoms with Crippen molar-refractivity contribution in [2.24, 2.45) is 14.1 Å². The minimum absolute atomic E-state index is 0.250. The van der Waals surface area contributed by atoms with Crippen molar-refractivity contribution in [1.29, 1.82) is 0 Å².